The summed E-state index contributed by atoms with van der Waals surface area (Å²) < 4.78 is 14.5. The van der Waals surface area contributed by atoms with Crippen LogP contribution in [-0.4, -0.2) is 10.1 Å². The molecule has 5 heteroatoms. The Morgan fingerprint density at radius 1 is 1.43 bits per heavy atom. The topological polar surface area (TPSA) is 33.1 Å². The van der Waals surface area contributed by atoms with Crippen LogP contribution < -0.4 is 0 Å². The van der Waals surface area contributed by atoms with Gasteiger partial charge in [0, 0.05) is 31.2 Å². The fraction of sp³-hybridized carbons (Fsp3) is 0. The normalized spacial score (nSPS) is 10.8. The Balaban J connectivity index is 3.03. The Hall–Kier alpha value is -0.430. The lowest BCUT2D eigenvalue weighted by Gasteiger charge is -2.05. The van der Waals surface area contributed by atoms with Crippen LogP contribution >= 0.6 is 38.5 Å². The SMILES string of the molecule is Oc1c(F)cc(Br)c2cncc(I)c12. The van der Waals surface area contributed by atoms with Crippen LogP contribution in [0.1, 0.15) is 0 Å². The van der Waals surface area contributed by atoms with Gasteiger partial charge in [-0.05, 0) is 44.6 Å². The van der Waals surface area contributed by atoms with Gasteiger partial charge in [-0.15, -0.1) is 0 Å². The Morgan fingerprint density at radius 2 is 2.14 bits per heavy atom. The number of rotatable bonds is 0. The third-order valence-electron chi connectivity index (χ3n) is 1.87. The summed E-state index contributed by atoms with van der Waals surface area (Å²) in [6.45, 7) is 0. The molecule has 0 radical (unpaired) electrons. The summed E-state index contributed by atoms with van der Waals surface area (Å²) in [7, 11) is 0. The van der Waals surface area contributed by atoms with Crippen LogP contribution in [0.25, 0.3) is 10.8 Å². The van der Waals surface area contributed by atoms with Crippen molar-refractivity contribution < 1.29 is 9.50 Å². The van der Waals surface area contributed by atoms with Gasteiger partial charge in [0.25, 0.3) is 0 Å². The standard InChI is InChI=1S/C9H4BrFINO/c10-5-1-6(11)9(14)8-4(5)2-13-3-7(8)12/h1-3,14H. The van der Waals surface area contributed by atoms with E-state index in [1.807, 2.05) is 22.6 Å². The van der Waals surface area contributed by atoms with Crippen molar-refractivity contribution in [3.8, 4) is 5.75 Å². The maximum atomic E-state index is 13.2. The minimum Gasteiger partial charge on any atom is -0.504 e. The number of nitrogens with zero attached hydrogens (tertiary/aromatic N) is 1. The number of aromatic nitrogens is 1. The first-order valence-electron chi connectivity index (χ1n) is 3.71. The largest absolute Gasteiger partial charge is 0.504 e. The number of pyridine rings is 1. The molecule has 1 aromatic carbocycles. The zero-order valence-corrected chi connectivity index (χ0v) is 10.5. The summed E-state index contributed by atoms with van der Waals surface area (Å²) in [5.74, 6) is -0.955. The molecular formula is C9H4BrFINO. The first-order valence-corrected chi connectivity index (χ1v) is 5.58. The van der Waals surface area contributed by atoms with E-state index in [1.165, 1.54) is 6.07 Å². The molecule has 0 bridgehead atoms. The van der Waals surface area contributed by atoms with Crippen LogP contribution in [0.2, 0.25) is 0 Å². The van der Waals surface area contributed by atoms with Crippen LogP contribution in [0.15, 0.2) is 22.9 Å². The third-order valence-corrected chi connectivity index (χ3v) is 3.35. The molecule has 0 unspecified atom stereocenters. The summed E-state index contributed by atoms with van der Waals surface area (Å²) in [5, 5.41) is 10.7. The van der Waals surface area contributed by atoms with Gasteiger partial charge >= 0.3 is 0 Å². The molecule has 0 aliphatic carbocycles. The van der Waals surface area contributed by atoms with Crippen molar-refractivity contribution in [3.63, 3.8) is 0 Å². The van der Waals surface area contributed by atoms with Gasteiger partial charge in [0.15, 0.2) is 11.6 Å². The lowest BCUT2D eigenvalue weighted by atomic mass is 10.1. The van der Waals surface area contributed by atoms with E-state index in [1.54, 1.807) is 12.4 Å². The van der Waals surface area contributed by atoms with Gasteiger partial charge in [-0.1, -0.05) is 0 Å². The number of halogens is 3. The molecule has 0 amide bonds. The van der Waals surface area contributed by atoms with Crippen molar-refractivity contribution in [2.24, 2.45) is 0 Å². The van der Waals surface area contributed by atoms with E-state index in [2.05, 4.69) is 20.9 Å². The molecule has 2 rings (SSSR count). The van der Waals surface area contributed by atoms with Crippen molar-refractivity contribution in [1.29, 1.82) is 0 Å². The molecular weight excluding hydrogens is 364 g/mol. The van der Waals surface area contributed by atoms with Gasteiger partial charge in [-0.25, -0.2) is 4.39 Å². The van der Waals surface area contributed by atoms with Crippen LogP contribution in [0.5, 0.6) is 5.75 Å². The highest BCUT2D eigenvalue weighted by molar-refractivity contribution is 14.1. The highest BCUT2D eigenvalue weighted by Gasteiger charge is 2.12. The van der Waals surface area contributed by atoms with E-state index in [0.717, 1.165) is 3.57 Å². The Morgan fingerprint density at radius 3 is 2.86 bits per heavy atom. The van der Waals surface area contributed by atoms with E-state index in [0.29, 0.717) is 15.2 Å². The molecule has 0 atom stereocenters. The molecule has 0 aliphatic heterocycles. The van der Waals surface area contributed by atoms with Crippen LogP contribution in [0.4, 0.5) is 4.39 Å². The number of aromatic hydroxyl groups is 1. The number of phenols is 1. The molecule has 1 heterocycles. The van der Waals surface area contributed by atoms with Crippen molar-refractivity contribution in [3.05, 3.63) is 32.3 Å². The van der Waals surface area contributed by atoms with Gasteiger partial charge in [-0.2, -0.15) is 0 Å². The molecule has 0 saturated carbocycles. The van der Waals surface area contributed by atoms with Gasteiger partial charge in [0.2, 0.25) is 0 Å². The van der Waals surface area contributed by atoms with E-state index in [-0.39, 0.29) is 5.75 Å². The number of hydrogen-bond acceptors (Lipinski definition) is 2. The lowest BCUT2D eigenvalue weighted by molar-refractivity contribution is 0.438. The minimum atomic E-state index is -0.631. The summed E-state index contributed by atoms with van der Waals surface area (Å²) in [5.41, 5.74) is 0. The second-order valence-electron chi connectivity index (χ2n) is 2.73. The second-order valence-corrected chi connectivity index (χ2v) is 4.75. The van der Waals surface area contributed by atoms with Gasteiger partial charge in [-0.3, -0.25) is 4.98 Å². The van der Waals surface area contributed by atoms with Crippen LogP contribution in [0.3, 0.4) is 0 Å². The maximum Gasteiger partial charge on any atom is 0.166 e. The van der Waals surface area contributed by atoms with Gasteiger partial charge < -0.3 is 5.11 Å². The molecule has 0 aliphatic rings. The Labute approximate surface area is 101 Å². The number of hydrogen-bond donors (Lipinski definition) is 1. The summed E-state index contributed by atoms with van der Waals surface area (Å²) >= 11 is 5.23. The monoisotopic (exact) mass is 367 g/mol. The van der Waals surface area contributed by atoms with Crippen molar-refractivity contribution >= 4 is 49.3 Å². The molecule has 2 nitrogen and oxygen atoms in total. The molecule has 14 heavy (non-hydrogen) atoms. The molecule has 72 valence electrons. The minimum absolute atomic E-state index is 0.324. The van der Waals surface area contributed by atoms with E-state index in [9.17, 15) is 9.50 Å². The molecule has 0 spiro atoms. The van der Waals surface area contributed by atoms with Gasteiger partial charge in [0.1, 0.15) is 0 Å². The van der Waals surface area contributed by atoms with Crippen molar-refractivity contribution in [2.75, 3.05) is 0 Å². The predicted octanol–water partition coefficient (Wildman–Crippen LogP) is 3.45. The van der Waals surface area contributed by atoms with Crippen LogP contribution in [-0.2, 0) is 0 Å². The van der Waals surface area contributed by atoms with E-state index in [4.69, 9.17) is 0 Å². The number of fused-ring (bicyclic) bond motifs is 1. The first-order chi connectivity index (χ1) is 6.61. The lowest BCUT2D eigenvalue weighted by Crippen LogP contribution is -1.86. The number of phenolic OH excluding ortho intramolecular Hbond substituents is 1. The molecule has 0 saturated heterocycles. The van der Waals surface area contributed by atoms with E-state index >= 15 is 0 Å². The fourth-order valence-electron chi connectivity index (χ4n) is 1.23. The smallest absolute Gasteiger partial charge is 0.166 e. The summed E-state index contributed by atoms with van der Waals surface area (Å²) in [6.07, 6.45) is 3.16. The molecule has 2 aromatic rings. The third kappa shape index (κ3) is 1.48. The van der Waals surface area contributed by atoms with Crippen molar-refractivity contribution in [2.45, 2.75) is 0 Å². The predicted molar refractivity (Wildman–Crippen MR) is 63.8 cm³/mol. The zero-order valence-electron chi connectivity index (χ0n) is 6.76. The zero-order chi connectivity index (χ0) is 10.3. The molecule has 1 aromatic heterocycles. The highest BCUT2D eigenvalue weighted by atomic mass is 127. The summed E-state index contributed by atoms with van der Waals surface area (Å²) in [4.78, 5) is 3.97. The quantitative estimate of drug-likeness (QED) is 0.723. The fourth-order valence-corrected chi connectivity index (χ4v) is 2.44. The number of benzene rings is 1. The average molecular weight is 368 g/mol. The summed E-state index contributed by atoms with van der Waals surface area (Å²) in [6, 6.07) is 1.23. The maximum absolute atomic E-state index is 13.2. The van der Waals surface area contributed by atoms with Crippen molar-refractivity contribution in [1.82, 2.24) is 4.98 Å². The first kappa shape index (κ1) is 10.1. The highest BCUT2D eigenvalue weighted by Crippen LogP contribution is 2.35. The average Bonchev–Trinajstić information content (AvgIpc) is 2.14. The molecule has 0 fully saturated rings. The second kappa shape index (κ2) is 3.62. The van der Waals surface area contributed by atoms with Gasteiger partial charge in [0.05, 0.1) is 0 Å². The Kier molecular flexibility index (Phi) is 2.61. The van der Waals surface area contributed by atoms with E-state index < -0.39 is 5.82 Å². The molecule has 1 N–H and O–H groups in total. The van der Waals surface area contributed by atoms with Crippen LogP contribution in [0, 0.1) is 9.39 Å². The Bertz CT molecular complexity index is 518.